The van der Waals surface area contributed by atoms with Gasteiger partial charge >= 0.3 is 0 Å². The van der Waals surface area contributed by atoms with Gasteiger partial charge in [-0.25, -0.2) is 9.67 Å². The fraction of sp³-hybridized carbons (Fsp3) is 0. The minimum Gasteiger partial charge on any atom is -0.320 e. The molecule has 1 amide bonds. The Bertz CT molecular complexity index is 738. The third-order valence-electron chi connectivity index (χ3n) is 2.65. The van der Waals surface area contributed by atoms with E-state index in [0.717, 1.165) is 8.57 Å². The predicted octanol–water partition coefficient (Wildman–Crippen LogP) is 3.19. The van der Waals surface area contributed by atoms with Crippen LogP contribution in [0.2, 0.25) is 0 Å². The van der Waals surface area contributed by atoms with E-state index in [1.54, 1.807) is 22.3 Å². The Morgan fingerprint density at radius 3 is 2.90 bits per heavy atom. The van der Waals surface area contributed by atoms with Crippen LogP contribution in [0.5, 0.6) is 0 Å². The largest absolute Gasteiger partial charge is 0.320 e. The van der Waals surface area contributed by atoms with Gasteiger partial charge in [0.1, 0.15) is 12.7 Å². The Labute approximate surface area is 132 Å². The maximum Gasteiger partial charge on any atom is 0.256 e. The highest BCUT2D eigenvalue weighted by Crippen LogP contribution is 2.21. The Hall–Kier alpha value is -1.74. The molecule has 0 bridgehead atoms. The van der Waals surface area contributed by atoms with Gasteiger partial charge in [-0.3, -0.25) is 4.79 Å². The first-order chi connectivity index (χ1) is 9.74. The molecule has 5 nitrogen and oxygen atoms in total. The molecule has 2 aromatic heterocycles. The fourth-order valence-corrected chi connectivity index (χ4v) is 3.06. The molecule has 20 heavy (non-hydrogen) atoms. The average Bonchev–Trinajstić information content (AvgIpc) is 3.10. The molecule has 0 spiro atoms. The van der Waals surface area contributed by atoms with Gasteiger partial charge in [0.15, 0.2) is 0 Å². The first-order valence-electron chi connectivity index (χ1n) is 5.73. The molecule has 1 aromatic carbocycles. The first kappa shape index (κ1) is 13.3. The molecular weight excluding hydrogens is 387 g/mol. The number of nitrogens with zero attached hydrogens (tertiary/aromatic N) is 3. The Balaban J connectivity index is 1.90. The monoisotopic (exact) mass is 396 g/mol. The van der Waals surface area contributed by atoms with Crippen LogP contribution in [0, 0.1) is 2.88 Å². The molecule has 0 radical (unpaired) electrons. The molecule has 0 saturated carbocycles. The number of hydrogen-bond donors (Lipinski definition) is 1. The Kier molecular flexibility index (Phi) is 3.79. The lowest BCUT2D eigenvalue weighted by atomic mass is 10.2. The van der Waals surface area contributed by atoms with Crippen molar-refractivity contribution in [3.63, 3.8) is 0 Å². The van der Waals surface area contributed by atoms with E-state index < -0.39 is 0 Å². The minimum atomic E-state index is -0.128. The van der Waals surface area contributed by atoms with Crippen molar-refractivity contribution in [3.8, 4) is 5.69 Å². The van der Waals surface area contributed by atoms with Gasteiger partial charge < -0.3 is 5.32 Å². The van der Waals surface area contributed by atoms with E-state index in [0.29, 0.717) is 11.3 Å². The molecule has 0 aliphatic heterocycles. The van der Waals surface area contributed by atoms with Crippen molar-refractivity contribution in [2.45, 2.75) is 0 Å². The van der Waals surface area contributed by atoms with Crippen molar-refractivity contribution in [2.75, 3.05) is 5.32 Å². The summed E-state index contributed by atoms with van der Waals surface area (Å²) in [4.78, 5) is 16.1. The highest BCUT2D eigenvalue weighted by Gasteiger charge is 2.11. The normalized spacial score (nSPS) is 10.4. The summed E-state index contributed by atoms with van der Waals surface area (Å²) < 4.78 is 2.70. The van der Waals surface area contributed by atoms with Crippen molar-refractivity contribution in [1.29, 1.82) is 0 Å². The summed E-state index contributed by atoms with van der Waals surface area (Å²) in [5.41, 5.74) is 2.14. The van der Waals surface area contributed by atoms with Gasteiger partial charge in [-0.15, -0.1) is 11.3 Å². The smallest absolute Gasteiger partial charge is 0.256 e. The summed E-state index contributed by atoms with van der Waals surface area (Å²) in [5.74, 6) is -0.128. The zero-order valence-electron chi connectivity index (χ0n) is 10.2. The summed E-state index contributed by atoms with van der Waals surface area (Å²) in [6, 6.07) is 9.33. The number of anilines is 1. The second-order valence-electron chi connectivity index (χ2n) is 3.95. The zero-order valence-corrected chi connectivity index (χ0v) is 13.1. The van der Waals surface area contributed by atoms with E-state index in [2.05, 4.69) is 38.0 Å². The molecular formula is C13H9IN4OS. The molecule has 100 valence electrons. The highest BCUT2D eigenvalue weighted by molar-refractivity contribution is 14.1. The molecule has 2 heterocycles. The lowest BCUT2D eigenvalue weighted by Gasteiger charge is -2.09. The topological polar surface area (TPSA) is 59.8 Å². The molecule has 0 fully saturated rings. The molecule has 0 atom stereocenters. The number of halogens is 1. The fourth-order valence-electron chi connectivity index (χ4n) is 1.74. The minimum absolute atomic E-state index is 0.128. The quantitative estimate of drug-likeness (QED) is 0.692. The number of carbonyl (C=O) groups is 1. The average molecular weight is 396 g/mol. The Morgan fingerprint density at radius 2 is 2.20 bits per heavy atom. The summed E-state index contributed by atoms with van der Waals surface area (Å²) in [6.45, 7) is 0. The maximum atomic E-state index is 12.2. The van der Waals surface area contributed by atoms with Gasteiger partial charge in [0, 0.05) is 5.38 Å². The molecule has 1 N–H and O–H groups in total. The number of hydrogen-bond acceptors (Lipinski definition) is 4. The lowest BCUT2D eigenvalue weighted by Crippen LogP contribution is -2.13. The van der Waals surface area contributed by atoms with Crippen LogP contribution in [0.15, 0.2) is 48.4 Å². The summed E-state index contributed by atoms with van der Waals surface area (Å²) >= 11 is 3.74. The number of benzene rings is 1. The number of para-hydroxylation sites is 2. The number of aromatic nitrogens is 3. The number of amides is 1. The van der Waals surface area contributed by atoms with Crippen LogP contribution in [0.4, 0.5) is 5.69 Å². The molecule has 0 aliphatic rings. The van der Waals surface area contributed by atoms with E-state index in [-0.39, 0.29) is 5.91 Å². The van der Waals surface area contributed by atoms with Crippen molar-refractivity contribution in [3.05, 3.63) is 56.8 Å². The van der Waals surface area contributed by atoms with Crippen molar-refractivity contribution in [1.82, 2.24) is 14.8 Å². The van der Waals surface area contributed by atoms with Gasteiger partial charge in [-0.1, -0.05) is 12.1 Å². The molecule has 3 rings (SSSR count). The maximum absolute atomic E-state index is 12.2. The second-order valence-corrected chi connectivity index (χ2v) is 6.76. The molecule has 0 unspecified atom stereocenters. The predicted molar refractivity (Wildman–Crippen MR) is 86.3 cm³/mol. The Morgan fingerprint density at radius 1 is 1.35 bits per heavy atom. The van der Waals surface area contributed by atoms with Gasteiger partial charge in [0.25, 0.3) is 5.91 Å². The third kappa shape index (κ3) is 2.73. The van der Waals surface area contributed by atoms with Crippen LogP contribution in [0.3, 0.4) is 0 Å². The summed E-state index contributed by atoms with van der Waals surface area (Å²) in [5, 5.41) is 8.83. The molecule has 0 saturated heterocycles. The van der Waals surface area contributed by atoms with Gasteiger partial charge in [-0.2, -0.15) is 5.10 Å². The second kappa shape index (κ2) is 5.71. The van der Waals surface area contributed by atoms with Crippen LogP contribution in [-0.4, -0.2) is 20.7 Å². The van der Waals surface area contributed by atoms with Crippen LogP contribution >= 0.6 is 33.9 Å². The molecule has 0 aliphatic carbocycles. The number of carbonyl (C=O) groups excluding carboxylic acids is 1. The highest BCUT2D eigenvalue weighted by atomic mass is 127. The first-order valence-corrected chi connectivity index (χ1v) is 7.69. The van der Waals surface area contributed by atoms with Crippen LogP contribution in [-0.2, 0) is 0 Å². The van der Waals surface area contributed by atoms with Gasteiger partial charge in [-0.05, 0) is 40.8 Å². The number of thiophene rings is 1. The van der Waals surface area contributed by atoms with E-state index >= 15 is 0 Å². The van der Waals surface area contributed by atoms with Crippen molar-refractivity contribution in [2.24, 2.45) is 0 Å². The number of nitrogens with one attached hydrogen (secondary N) is 1. The van der Waals surface area contributed by atoms with E-state index in [1.165, 1.54) is 6.33 Å². The molecule has 7 heteroatoms. The number of rotatable bonds is 3. The molecule has 3 aromatic rings. The van der Waals surface area contributed by atoms with Crippen molar-refractivity contribution >= 4 is 45.5 Å². The van der Waals surface area contributed by atoms with E-state index in [4.69, 9.17) is 0 Å². The van der Waals surface area contributed by atoms with Crippen molar-refractivity contribution < 1.29 is 4.79 Å². The van der Waals surface area contributed by atoms with Gasteiger partial charge in [0.05, 0.1) is 19.8 Å². The zero-order chi connectivity index (χ0) is 13.9. The standard InChI is InChI=1S/C13H9IN4OS/c14-12-5-9(6-20-12)13(19)17-10-3-1-2-4-11(10)18-8-15-7-16-18/h1-8H,(H,17,19). The third-order valence-corrected chi connectivity index (χ3v) is 4.44. The summed E-state index contributed by atoms with van der Waals surface area (Å²) in [6.07, 6.45) is 3.05. The van der Waals surface area contributed by atoms with E-state index in [9.17, 15) is 4.79 Å². The van der Waals surface area contributed by atoms with Crippen LogP contribution < -0.4 is 5.32 Å². The van der Waals surface area contributed by atoms with Gasteiger partial charge in [0.2, 0.25) is 0 Å². The lowest BCUT2D eigenvalue weighted by molar-refractivity contribution is 0.102. The van der Waals surface area contributed by atoms with E-state index in [1.807, 2.05) is 35.7 Å². The van der Waals surface area contributed by atoms with Crippen LogP contribution in [0.25, 0.3) is 5.69 Å². The van der Waals surface area contributed by atoms with Crippen LogP contribution in [0.1, 0.15) is 10.4 Å². The SMILES string of the molecule is O=C(Nc1ccccc1-n1cncn1)c1csc(I)c1. The summed E-state index contributed by atoms with van der Waals surface area (Å²) in [7, 11) is 0.